The Kier molecular flexibility index (Phi) is 3.12. The van der Waals surface area contributed by atoms with E-state index < -0.39 is 0 Å². The standard InChI is InChI=1S/C15H14FN3O/c16-12-4-1-10-7-8-19(14(10)9-12)15(20)11-2-5-13(18-17)6-3-11/h1-6,9,18H,7-8,17H2. The van der Waals surface area contributed by atoms with Gasteiger partial charge in [0.15, 0.2) is 0 Å². The summed E-state index contributed by atoms with van der Waals surface area (Å²) >= 11 is 0. The van der Waals surface area contributed by atoms with Gasteiger partial charge in [0, 0.05) is 17.8 Å². The number of halogens is 1. The minimum absolute atomic E-state index is 0.127. The molecule has 0 saturated heterocycles. The molecule has 3 N–H and O–H groups in total. The predicted molar refractivity (Wildman–Crippen MR) is 76.0 cm³/mol. The summed E-state index contributed by atoms with van der Waals surface area (Å²) in [5.74, 6) is 4.84. The molecule has 0 aromatic heterocycles. The lowest BCUT2D eigenvalue weighted by atomic mass is 10.1. The van der Waals surface area contributed by atoms with Crippen molar-refractivity contribution >= 4 is 17.3 Å². The second kappa shape index (κ2) is 4.94. The smallest absolute Gasteiger partial charge is 0.258 e. The minimum Gasteiger partial charge on any atom is -0.324 e. The van der Waals surface area contributed by atoms with Crippen LogP contribution in [-0.4, -0.2) is 12.5 Å². The highest BCUT2D eigenvalue weighted by Gasteiger charge is 2.25. The van der Waals surface area contributed by atoms with Crippen LogP contribution < -0.4 is 16.2 Å². The molecular formula is C15H14FN3O. The first kappa shape index (κ1) is 12.6. The highest BCUT2D eigenvalue weighted by Crippen LogP contribution is 2.30. The van der Waals surface area contributed by atoms with Crippen LogP contribution in [0.1, 0.15) is 15.9 Å². The van der Waals surface area contributed by atoms with Gasteiger partial charge in [-0.25, -0.2) is 4.39 Å². The van der Waals surface area contributed by atoms with Crippen molar-refractivity contribution in [1.29, 1.82) is 0 Å². The number of rotatable bonds is 2. The van der Waals surface area contributed by atoms with Gasteiger partial charge >= 0.3 is 0 Å². The second-order valence-corrected chi connectivity index (χ2v) is 4.70. The van der Waals surface area contributed by atoms with E-state index in [0.717, 1.165) is 17.7 Å². The lowest BCUT2D eigenvalue weighted by Gasteiger charge is -2.17. The molecule has 5 heteroatoms. The Labute approximate surface area is 116 Å². The van der Waals surface area contributed by atoms with Crippen LogP contribution in [0.25, 0.3) is 0 Å². The Morgan fingerprint density at radius 2 is 1.95 bits per heavy atom. The molecule has 0 spiro atoms. The van der Waals surface area contributed by atoms with Gasteiger partial charge in [-0.05, 0) is 48.4 Å². The van der Waals surface area contributed by atoms with E-state index in [-0.39, 0.29) is 11.7 Å². The van der Waals surface area contributed by atoms with E-state index in [1.54, 1.807) is 35.2 Å². The molecule has 3 rings (SSSR count). The predicted octanol–water partition coefficient (Wildman–Crippen LogP) is 2.31. The maximum atomic E-state index is 13.3. The molecule has 1 aliphatic heterocycles. The number of amides is 1. The first-order valence-corrected chi connectivity index (χ1v) is 6.36. The highest BCUT2D eigenvalue weighted by molar-refractivity contribution is 6.07. The van der Waals surface area contributed by atoms with Gasteiger partial charge in [-0.15, -0.1) is 0 Å². The van der Waals surface area contributed by atoms with E-state index in [4.69, 9.17) is 5.84 Å². The summed E-state index contributed by atoms with van der Waals surface area (Å²) in [6.45, 7) is 0.578. The number of hydrazine groups is 1. The number of carbonyl (C=O) groups is 1. The Bertz CT molecular complexity index is 655. The number of carbonyl (C=O) groups excluding carboxylic acids is 1. The van der Waals surface area contributed by atoms with Gasteiger partial charge in [-0.2, -0.15) is 0 Å². The number of nitrogen functional groups attached to an aromatic ring is 1. The van der Waals surface area contributed by atoms with E-state index in [9.17, 15) is 9.18 Å². The van der Waals surface area contributed by atoms with Gasteiger partial charge in [-0.1, -0.05) is 6.07 Å². The maximum absolute atomic E-state index is 13.3. The summed E-state index contributed by atoms with van der Waals surface area (Å²) in [5, 5.41) is 0. The number of benzene rings is 2. The number of anilines is 2. The van der Waals surface area contributed by atoms with Gasteiger partial charge in [0.1, 0.15) is 5.82 Å². The number of fused-ring (bicyclic) bond motifs is 1. The Morgan fingerprint density at radius 3 is 2.65 bits per heavy atom. The highest BCUT2D eigenvalue weighted by atomic mass is 19.1. The summed E-state index contributed by atoms with van der Waals surface area (Å²) in [6, 6.07) is 11.4. The van der Waals surface area contributed by atoms with Crippen molar-refractivity contribution in [2.45, 2.75) is 6.42 Å². The van der Waals surface area contributed by atoms with Crippen LogP contribution in [0.15, 0.2) is 42.5 Å². The van der Waals surface area contributed by atoms with E-state index in [2.05, 4.69) is 5.43 Å². The SMILES string of the molecule is NNc1ccc(C(=O)N2CCc3ccc(F)cc32)cc1. The van der Waals surface area contributed by atoms with Gasteiger partial charge in [0.25, 0.3) is 5.91 Å². The Morgan fingerprint density at radius 1 is 1.20 bits per heavy atom. The summed E-state index contributed by atoms with van der Waals surface area (Å²) in [7, 11) is 0. The average molecular weight is 271 g/mol. The van der Waals surface area contributed by atoms with Crippen LogP contribution in [0.4, 0.5) is 15.8 Å². The van der Waals surface area contributed by atoms with E-state index in [1.165, 1.54) is 12.1 Å². The first-order valence-electron chi connectivity index (χ1n) is 6.36. The zero-order valence-electron chi connectivity index (χ0n) is 10.8. The summed E-state index contributed by atoms with van der Waals surface area (Å²) in [5.41, 5.74) is 5.46. The lowest BCUT2D eigenvalue weighted by Crippen LogP contribution is -2.28. The molecule has 1 aliphatic rings. The van der Waals surface area contributed by atoms with E-state index in [1.807, 2.05) is 0 Å². The van der Waals surface area contributed by atoms with E-state index in [0.29, 0.717) is 17.8 Å². The van der Waals surface area contributed by atoms with Crippen LogP contribution in [-0.2, 0) is 6.42 Å². The molecule has 0 unspecified atom stereocenters. The molecule has 1 amide bonds. The third kappa shape index (κ3) is 2.12. The fraction of sp³-hybridized carbons (Fsp3) is 0.133. The third-order valence-electron chi connectivity index (χ3n) is 3.49. The van der Waals surface area contributed by atoms with Crippen LogP contribution in [0.2, 0.25) is 0 Å². The van der Waals surface area contributed by atoms with Gasteiger partial charge < -0.3 is 10.3 Å². The van der Waals surface area contributed by atoms with Crippen LogP contribution >= 0.6 is 0 Å². The van der Waals surface area contributed by atoms with Crippen molar-refractivity contribution in [3.05, 3.63) is 59.4 Å². The monoisotopic (exact) mass is 271 g/mol. The molecule has 1 heterocycles. The second-order valence-electron chi connectivity index (χ2n) is 4.70. The largest absolute Gasteiger partial charge is 0.324 e. The number of nitrogens with zero attached hydrogens (tertiary/aromatic N) is 1. The molecular weight excluding hydrogens is 257 g/mol. The molecule has 102 valence electrons. The van der Waals surface area contributed by atoms with Crippen molar-refractivity contribution in [1.82, 2.24) is 0 Å². The molecule has 0 radical (unpaired) electrons. The average Bonchev–Trinajstić information content (AvgIpc) is 2.89. The van der Waals surface area contributed by atoms with Crippen molar-refractivity contribution in [2.75, 3.05) is 16.9 Å². The molecule has 20 heavy (non-hydrogen) atoms. The topological polar surface area (TPSA) is 58.4 Å². The van der Waals surface area contributed by atoms with Gasteiger partial charge in [0.05, 0.1) is 5.69 Å². The molecule has 0 saturated carbocycles. The number of hydrogen-bond acceptors (Lipinski definition) is 3. The number of hydrogen-bond donors (Lipinski definition) is 2. The van der Waals surface area contributed by atoms with E-state index >= 15 is 0 Å². The van der Waals surface area contributed by atoms with Crippen molar-refractivity contribution < 1.29 is 9.18 Å². The zero-order valence-corrected chi connectivity index (χ0v) is 10.8. The molecule has 2 aromatic carbocycles. The summed E-state index contributed by atoms with van der Waals surface area (Å²) in [6.07, 6.45) is 0.754. The normalized spacial score (nSPS) is 13.2. The van der Waals surface area contributed by atoms with Crippen molar-refractivity contribution in [2.24, 2.45) is 5.84 Å². The summed E-state index contributed by atoms with van der Waals surface area (Å²) < 4.78 is 13.3. The van der Waals surface area contributed by atoms with Crippen LogP contribution in [0, 0.1) is 5.82 Å². The first-order chi connectivity index (χ1) is 9.69. The maximum Gasteiger partial charge on any atom is 0.258 e. The Hall–Kier alpha value is -2.40. The van der Waals surface area contributed by atoms with Crippen LogP contribution in [0.5, 0.6) is 0 Å². The molecule has 2 aromatic rings. The van der Waals surface area contributed by atoms with Crippen molar-refractivity contribution in [3.63, 3.8) is 0 Å². The molecule has 0 aliphatic carbocycles. The quantitative estimate of drug-likeness (QED) is 0.651. The third-order valence-corrected chi connectivity index (χ3v) is 3.49. The minimum atomic E-state index is -0.328. The molecule has 0 bridgehead atoms. The summed E-state index contributed by atoms with van der Waals surface area (Å²) in [4.78, 5) is 14.1. The van der Waals surface area contributed by atoms with Gasteiger partial charge in [0.2, 0.25) is 0 Å². The van der Waals surface area contributed by atoms with Crippen molar-refractivity contribution in [3.8, 4) is 0 Å². The molecule has 4 nitrogen and oxygen atoms in total. The fourth-order valence-electron chi connectivity index (χ4n) is 2.43. The molecule has 0 fully saturated rings. The molecule has 0 atom stereocenters. The Balaban J connectivity index is 1.91. The zero-order chi connectivity index (χ0) is 14.1. The van der Waals surface area contributed by atoms with Gasteiger partial charge in [-0.3, -0.25) is 10.6 Å². The number of nitrogens with two attached hydrogens (primary N) is 1. The van der Waals surface area contributed by atoms with Crippen LogP contribution in [0.3, 0.4) is 0 Å². The number of nitrogens with one attached hydrogen (secondary N) is 1. The fourth-order valence-corrected chi connectivity index (χ4v) is 2.43. The lowest BCUT2D eigenvalue weighted by molar-refractivity contribution is 0.0989.